The van der Waals surface area contributed by atoms with Gasteiger partial charge in [0.25, 0.3) is 5.91 Å². The lowest BCUT2D eigenvalue weighted by atomic mass is 9.87. The monoisotopic (exact) mass is 518 g/mol. The van der Waals surface area contributed by atoms with Crippen LogP contribution in [0, 0.1) is 17.0 Å². The van der Waals surface area contributed by atoms with Gasteiger partial charge in [-0.3, -0.25) is 14.9 Å². The molecule has 0 fully saturated rings. The van der Waals surface area contributed by atoms with E-state index < -0.39 is 46.2 Å². The highest BCUT2D eigenvalue weighted by Crippen LogP contribution is 2.42. The van der Waals surface area contributed by atoms with Gasteiger partial charge in [0.05, 0.1) is 30.7 Å². The quantitative estimate of drug-likeness (QED) is 0.237. The number of nitro groups is 1. The minimum atomic E-state index is -1.14. The van der Waals surface area contributed by atoms with Gasteiger partial charge in [0.15, 0.2) is 0 Å². The maximum absolute atomic E-state index is 14.0. The number of hydrogen-bond acceptors (Lipinski definition) is 9. The molecule has 0 radical (unpaired) electrons. The molecule has 0 saturated heterocycles. The zero-order valence-electron chi connectivity index (χ0n) is 20.6. The Morgan fingerprint density at radius 3 is 2.47 bits per heavy atom. The predicted molar refractivity (Wildman–Crippen MR) is 131 cm³/mol. The number of amides is 1. The van der Waals surface area contributed by atoms with E-state index in [1.54, 1.807) is 12.1 Å². The minimum Gasteiger partial charge on any atom is -0.467 e. The van der Waals surface area contributed by atoms with Crippen LogP contribution in [0.5, 0.6) is 0 Å². The SMILES string of the molecule is COC(=O)c1ccc([C@@H]2c3[nH]c4ccccc4c3C[C@H](C(=O)OC)N2C(=O)c2noc(C)c2[N+](=O)[O-])cc1. The highest BCUT2D eigenvalue weighted by atomic mass is 16.6. The molecule has 2 aromatic heterocycles. The third kappa shape index (κ3) is 3.86. The van der Waals surface area contributed by atoms with Crippen LogP contribution < -0.4 is 0 Å². The predicted octanol–water partition coefficient (Wildman–Crippen LogP) is 3.49. The number of rotatable bonds is 5. The van der Waals surface area contributed by atoms with Crippen LogP contribution in [-0.4, -0.2) is 58.1 Å². The van der Waals surface area contributed by atoms with E-state index in [2.05, 4.69) is 10.1 Å². The first-order chi connectivity index (χ1) is 18.3. The number of para-hydroxylation sites is 1. The first-order valence-corrected chi connectivity index (χ1v) is 11.6. The molecule has 2 atom stereocenters. The van der Waals surface area contributed by atoms with Crippen LogP contribution >= 0.6 is 0 Å². The number of fused-ring (bicyclic) bond motifs is 3. The second-order valence-electron chi connectivity index (χ2n) is 8.73. The lowest BCUT2D eigenvalue weighted by Crippen LogP contribution is -2.52. The van der Waals surface area contributed by atoms with Gasteiger partial charge in [0, 0.05) is 29.9 Å². The van der Waals surface area contributed by atoms with Crippen molar-refractivity contribution in [1.29, 1.82) is 0 Å². The molecule has 5 rings (SSSR count). The average molecular weight is 518 g/mol. The zero-order chi connectivity index (χ0) is 27.1. The van der Waals surface area contributed by atoms with Crippen LogP contribution in [-0.2, 0) is 20.7 Å². The van der Waals surface area contributed by atoms with Crippen LogP contribution in [0.2, 0.25) is 0 Å². The number of benzene rings is 2. The molecule has 1 amide bonds. The van der Waals surface area contributed by atoms with E-state index in [4.69, 9.17) is 14.0 Å². The molecule has 12 heteroatoms. The molecule has 38 heavy (non-hydrogen) atoms. The summed E-state index contributed by atoms with van der Waals surface area (Å²) in [6.07, 6.45) is 0.0964. The number of methoxy groups -OCH3 is 2. The fourth-order valence-electron chi connectivity index (χ4n) is 4.97. The van der Waals surface area contributed by atoms with Gasteiger partial charge in [-0.2, -0.15) is 0 Å². The molecule has 0 saturated carbocycles. The molecule has 1 aliphatic heterocycles. The van der Waals surface area contributed by atoms with Gasteiger partial charge in [-0.15, -0.1) is 0 Å². The average Bonchev–Trinajstić information content (AvgIpc) is 3.51. The van der Waals surface area contributed by atoms with Crippen LogP contribution in [0.4, 0.5) is 5.69 Å². The summed E-state index contributed by atoms with van der Waals surface area (Å²) in [5.41, 5.74) is 1.92. The molecule has 0 bridgehead atoms. The van der Waals surface area contributed by atoms with Crippen molar-refractivity contribution in [2.45, 2.75) is 25.4 Å². The van der Waals surface area contributed by atoms with Gasteiger partial charge in [0.1, 0.15) is 6.04 Å². The van der Waals surface area contributed by atoms with Crippen LogP contribution in [0.15, 0.2) is 53.1 Å². The van der Waals surface area contributed by atoms with Crippen LogP contribution in [0.25, 0.3) is 10.9 Å². The Morgan fingerprint density at radius 1 is 1.11 bits per heavy atom. The zero-order valence-corrected chi connectivity index (χ0v) is 20.6. The number of aryl methyl sites for hydroxylation is 1. The molecule has 2 aromatic carbocycles. The van der Waals surface area contributed by atoms with Gasteiger partial charge in [-0.25, -0.2) is 9.59 Å². The molecular formula is C26H22N4O8. The van der Waals surface area contributed by atoms with Crippen LogP contribution in [0.3, 0.4) is 0 Å². The molecular weight excluding hydrogens is 496 g/mol. The largest absolute Gasteiger partial charge is 0.467 e. The highest BCUT2D eigenvalue weighted by Gasteiger charge is 2.47. The van der Waals surface area contributed by atoms with E-state index in [-0.39, 0.29) is 17.7 Å². The maximum Gasteiger partial charge on any atom is 0.344 e. The lowest BCUT2D eigenvalue weighted by molar-refractivity contribution is -0.386. The van der Waals surface area contributed by atoms with Gasteiger partial charge in [-0.1, -0.05) is 35.5 Å². The van der Waals surface area contributed by atoms with Crippen molar-refractivity contribution in [2.75, 3.05) is 14.2 Å². The number of ether oxygens (including phenoxy) is 2. The van der Waals surface area contributed by atoms with Gasteiger partial charge in [0.2, 0.25) is 11.5 Å². The molecule has 1 N–H and O–H groups in total. The summed E-state index contributed by atoms with van der Waals surface area (Å²) in [6, 6.07) is 11.8. The van der Waals surface area contributed by atoms with Crippen molar-refractivity contribution in [3.63, 3.8) is 0 Å². The van der Waals surface area contributed by atoms with Crippen molar-refractivity contribution in [3.05, 3.63) is 92.5 Å². The Kier molecular flexibility index (Phi) is 6.15. The Bertz CT molecular complexity index is 1590. The second kappa shape index (κ2) is 9.47. The van der Waals surface area contributed by atoms with Crippen LogP contribution in [0.1, 0.15) is 49.5 Å². The molecule has 4 aromatic rings. The summed E-state index contributed by atoms with van der Waals surface area (Å²) in [5, 5.41) is 16.3. The molecule has 3 heterocycles. The van der Waals surface area contributed by atoms with E-state index in [0.29, 0.717) is 11.3 Å². The maximum atomic E-state index is 14.0. The number of aromatic nitrogens is 2. The number of nitrogens with zero attached hydrogens (tertiary/aromatic N) is 3. The van der Waals surface area contributed by atoms with E-state index in [1.165, 1.54) is 38.2 Å². The van der Waals surface area contributed by atoms with Gasteiger partial charge >= 0.3 is 17.6 Å². The molecule has 194 valence electrons. The fourth-order valence-corrected chi connectivity index (χ4v) is 4.97. The van der Waals surface area contributed by atoms with Crippen molar-refractivity contribution < 1.29 is 33.3 Å². The van der Waals surface area contributed by atoms with E-state index in [9.17, 15) is 24.5 Å². The number of H-pyrrole nitrogens is 1. The van der Waals surface area contributed by atoms with E-state index in [0.717, 1.165) is 16.5 Å². The smallest absolute Gasteiger partial charge is 0.344 e. The van der Waals surface area contributed by atoms with Crippen molar-refractivity contribution >= 4 is 34.4 Å². The summed E-state index contributed by atoms with van der Waals surface area (Å²) in [4.78, 5) is 54.7. The van der Waals surface area contributed by atoms with E-state index in [1.807, 2.05) is 24.3 Å². The normalized spacial score (nSPS) is 16.7. The molecule has 0 unspecified atom stereocenters. The molecule has 12 nitrogen and oxygen atoms in total. The Balaban J connectivity index is 1.75. The third-order valence-corrected chi connectivity index (χ3v) is 6.70. The van der Waals surface area contributed by atoms with Crippen molar-refractivity contribution in [1.82, 2.24) is 15.0 Å². The molecule has 0 aliphatic carbocycles. The molecule has 0 spiro atoms. The summed E-state index contributed by atoms with van der Waals surface area (Å²) >= 11 is 0. The Labute approximate surface area is 215 Å². The number of hydrogen-bond donors (Lipinski definition) is 1. The summed E-state index contributed by atoms with van der Waals surface area (Å²) in [6.45, 7) is 1.33. The number of nitrogens with one attached hydrogen (secondary N) is 1. The van der Waals surface area contributed by atoms with Crippen molar-refractivity contribution in [3.8, 4) is 0 Å². The Hall–Kier alpha value is -5.00. The number of esters is 2. The Morgan fingerprint density at radius 2 is 1.82 bits per heavy atom. The summed E-state index contributed by atoms with van der Waals surface area (Å²) in [7, 11) is 2.47. The van der Waals surface area contributed by atoms with Gasteiger partial charge in [-0.05, 0) is 29.3 Å². The highest BCUT2D eigenvalue weighted by molar-refractivity contribution is 6.00. The molecule has 1 aliphatic rings. The standard InChI is InChI=1S/C26H22N4O8/c1-13-22(30(34)35)21(28-38-13)24(31)29-19(26(33)37-3)12-17-16-6-4-5-7-18(16)27-20(17)23(29)14-8-10-15(11-9-14)25(32)36-2/h4-11,19,23,27H,12H2,1-3H3/t19-,23-/m1/s1. The second-order valence-corrected chi connectivity index (χ2v) is 8.73. The van der Waals surface area contributed by atoms with Gasteiger partial charge < -0.3 is 23.9 Å². The van der Waals surface area contributed by atoms with E-state index >= 15 is 0 Å². The summed E-state index contributed by atoms with van der Waals surface area (Å²) < 4.78 is 14.8. The topological polar surface area (TPSA) is 158 Å². The number of aromatic amines is 1. The lowest BCUT2D eigenvalue weighted by Gasteiger charge is -2.40. The first kappa shape index (κ1) is 24.7. The number of carbonyl (C=O) groups is 3. The minimum absolute atomic E-state index is 0.0964. The fraction of sp³-hybridized carbons (Fsp3) is 0.231. The first-order valence-electron chi connectivity index (χ1n) is 11.6. The number of carbonyl (C=O) groups excluding carboxylic acids is 3. The summed E-state index contributed by atoms with van der Waals surface area (Å²) in [5.74, 6) is -2.26. The van der Waals surface area contributed by atoms with Crippen molar-refractivity contribution in [2.24, 2.45) is 0 Å². The third-order valence-electron chi connectivity index (χ3n) is 6.70.